The molecule has 0 aromatic rings. The zero-order valence-electron chi connectivity index (χ0n) is 24.6. The lowest BCUT2D eigenvalue weighted by atomic mass is 9.86. The van der Waals surface area contributed by atoms with Crippen LogP contribution in [-0.2, 0) is 14.4 Å². The van der Waals surface area contributed by atoms with E-state index in [1.165, 1.54) is 11.6 Å². The zero-order valence-corrected chi connectivity index (χ0v) is 24.6. The number of Topliss-reactive ketones (excluding diaryl/α,β-unsaturated/α-hetero) is 1. The van der Waals surface area contributed by atoms with Gasteiger partial charge in [0.2, 0.25) is 11.6 Å². The van der Waals surface area contributed by atoms with Crippen molar-refractivity contribution in [1.29, 1.82) is 0 Å². The number of likely N-dealkylation sites (N-methyl/N-ethyl adjacent to an activating group) is 1. The van der Waals surface area contributed by atoms with Crippen molar-refractivity contribution < 1.29 is 29.4 Å². The Kier molecular flexibility index (Phi) is 14.9. The summed E-state index contributed by atoms with van der Waals surface area (Å²) in [7, 11) is 3.88. The highest BCUT2D eigenvalue weighted by Crippen LogP contribution is 2.27. The van der Waals surface area contributed by atoms with Gasteiger partial charge in [0.25, 0.3) is 5.91 Å². The summed E-state index contributed by atoms with van der Waals surface area (Å²) in [5.74, 6) is -0.961. The predicted octanol–water partition coefficient (Wildman–Crippen LogP) is 3.21. The number of primary amides is 1. The number of carboxylic acid groups (broad SMARTS) is 1. The molecule has 1 heterocycles. The van der Waals surface area contributed by atoms with Gasteiger partial charge < -0.3 is 31.5 Å². The molecule has 2 rings (SSSR count). The van der Waals surface area contributed by atoms with E-state index in [0.717, 1.165) is 12.8 Å². The van der Waals surface area contributed by atoms with Crippen molar-refractivity contribution in [2.45, 2.75) is 65.9 Å². The second-order valence-electron chi connectivity index (χ2n) is 10.8. The molecule has 2 bridgehead atoms. The highest BCUT2D eigenvalue weighted by Gasteiger charge is 2.30. The van der Waals surface area contributed by atoms with Gasteiger partial charge in [-0.2, -0.15) is 0 Å². The Morgan fingerprint density at radius 3 is 2.45 bits per heavy atom. The van der Waals surface area contributed by atoms with Gasteiger partial charge in [-0.1, -0.05) is 43.7 Å². The fourth-order valence-corrected chi connectivity index (χ4v) is 4.31. The molecule has 1 aliphatic heterocycles. The second-order valence-corrected chi connectivity index (χ2v) is 10.8. The molecular formula is C30H46N4O6. The molecule has 0 aromatic carbocycles. The summed E-state index contributed by atoms with van der Waals surface area (Å²) in [5.41, 5.74) is 6.40. The van der Waals surface area contributed by atoms with Crippen LogP contribution in [0.2, 0.25) is 0 Å². The molecule has 10 heteroatoms. The van der Waals surface area contributed by atoms with Crippen LogP contribution < -0.4 is 16.4 Å². The maximum atomic E-state index is 13.4. The highest BCUT2D eigenvalue weighted by molar-refractivity contribution is 6.23. The van der Waals surface area contributed by atoms with Crippen LogP contribution in [0.5, 0.6) is 0 Å². The van der Waals surface area contributed by atoms with Gasteiger partial charge in [0.15, 0.2) is 0 Å². The van der Waals surface area contributed by atoms with E-state index < -0.39 is 18.1 Å². The first-order valence-corrected chi connectivity index (χ1v) is 13.6. The van der Waals surface area contributed by atoms with E-state index in [0.29, 0.717) is 49.2 Å². The second kappa shape index (κ2) is 17.2. The SMILES string of the molecule is C/C1=C\C(C)C(O)CCC(C)CC2=C(NCCN(C)C)C(=O)C=C(NC(=O)/C(C)=C/C=C\CC1)C2=O.NC(=O)O. The Labute approximate surface area is 237 Å². The van der Waals surface area contributed by atoms with Gasteiger partial charge in [0, 0.05) is 36.2 Å². The van der Waals surface area contributed by atoms with Gasteiger partial charge in [0.05, 0.1) is 17.5 Å². The molecule has 0 spiro atoms. The molecule has 40 heavy (non-hydrogen) atoms. The summed E-state index contributed by atoms with van der Waals surface area (Å²) < 4.78 is 0. The molecule has 0 saturated heterocycles. The largest absolute Gasteiger partial charge is 0.465 e. The van der Waals surface area contributed by atoms with Gasteiger partial charge in [-0.25, -0.2) is 4.79 Å². The van der Waals surface area contributed by atoms with Crippen molar-refractivity contribution in [1.82, 2.24) is 15.5 Å². The number of fused-ring (bicyclic) bond motifs is 2. The van der Waals surface area contributed by atoms with Crippen molar-refractivity contribution in [2.24, 2.45) is 17.6 Å². The first kappa shape index (κ1) is 34.5. The summed E-state index contributed by atoms with van der Waals surface area (Å²) in [4.78, 5) is 50.0. The number of nitrogens with two attached hydrogens (primary N) is 1. The van der Waals surface area contributed by atoms with Crippen LogP contribution in [0, 0.1) is 11.8 Å². The number of aliphatic hydroxyl groups excluding tert-OH is 1. The number of rotatable bonds is 4. The summed E-state index contributed by atoms with van der Waals surface area (Å²) in [5, 5.41) is 23.7. The highest BCUT2D eigenvalue weighted by atomic mass is 16.4. The number of ketones is 2. The number of amides is 2. The van der Waals surface area contributed by atoms with Gasteiger partial charge in [-0.3, -0.25) is 14.4 Å². The Bertz CT molecular complexity index is 1080. The minimum atomic E-state index is -1.33. The van der Waals surface area contributed by atoms with Crippen LogP contribution >= 0.6 is 0 Å². The van der Waals surface area contributed by atoms with E-state index in [-0.39, 0.29) is 29.1 Å². The first-order chi connectivity index (χ1) is 18.7. The van der Waals surface area contributed by atoms with E-state index in [1.807, 2.05) is 45.0 Å². The number of hydrogen-bond donors (Lipinski definition) is 5. The van der Waals surface area contributed by atoms with E-state index in [9.17, 15) is 19.5 Å². The Morgan fingerprint density at radius 2 is 1.82 bits per heavy atom. The number of carbonyl (C=O) groups is 4. The van der Waals surface area contributed by atoms with Crippen LogP contribution in [0.3, 0.4) is 0 Å². The van der Waals surface area contributed by atoms with Crippen molar-refractivity contribution >= 4 is 23.6 Å². The monoisotopic (exact) mass is 558 g/mol. The lowest BCUT2D eigenvalue weighted by molar-refractivity contribution is -0.120. The van der Waals surface area contributed by atoms with Crippen molar-refractivity contribution in [3.63, 3.8) is 0 Å². The number of carbonyl (C=O) groups excluding carboxylic acids is 3. The van der Waals surface area contributed by atoms with Gasteiger partial charge in [0.1, 0.15) is 0 Å². The number of allylic oxidation sites excluding steroid dienone is 6. The topological polar surface area (TPSA) is 162 Å². The molecule has 222 valence electrons. The zero-order chi connectivity index (χ0) is 30.4. The average Bonchev–Trinajstić information content (AvgIpc) is 2.85. The van der Waals surface area contributed by atoms with Crippen LogP contribution in [0.15, 0.2) is 58.5 Å². The van der Waals surface area contributed by atoms with Crippen molar-refractivity contribution in [2.75, 3.05) is 27.2 Å². The van der Waals surface area contributed by atoms with Gasteiger partial charge in [-0.05, 0) is 66.0 Å². The predicted molar refractivity (Wildman–Crippen MR) is 156 cm³/mol. The molecule has 2 aliphatic rings. The average molecular weight is 559 g/mol. The molecular weight excluding hydrogens is 512 g/mol. The molecule has 0 saturated carbocycles. The van der Waals surface area contributed by atoms with Crippen LogP contribution in [0.25, 0.3) is 0 Å². The lowest BCUT2D eigenvalue weighted by Crippen LogP contribution is -2.37. The summed E-state index contributed by atoms with van der Waals surface area (Å²) in [6, 6.07) is 0. The molecule has 0 aromatic heterocycles. The Balaban J connectivity index is 0.00000187. The summed E-state index contributed by atoms with van der Waals surface area (Å²) in [6.07, 6.45) is 10.5. The molecule has 2 amide bonds. The first-order valence-electron chi connectivity index (χ1n) is 13.6. The minimum Gasteiger partial charge on any atom is -0.465 e. The maximum absolute atomic E-state index is 13.4. The molecule has 0 fully saturated rings. The van der Waals surface area contributed by atoms with E-state index >= 15 is 0 Å². The standard InChI is InChI=1S/C29H43N3O4.CH3NO2/c1-19-10-8-7-9-11-21(3)29(36)31-24-18-26(34)27(30-14-15-32(5)6)23(28(24)35)17-20(2)12-13-25(33)22(4)16-19;2-1(3)4/h7,9,11,16,18,20,22,25,30,33H,8,10,12-15,17H2,1-6H3,(H,31,36);2H2,(H,3,4)/b9-7-,19-16+,21-11+;. The molecule has 0 radical (unpaired) electrons. The lowest BCUT2D eigenvalue weighted by Gasteiger charge is -2.24. The van der Waals surface area contributed by atoms with Gasteiger partial charge >= 0.3 is 6.09 Å². The molecule has 10 nitrogen and oxygen atoms in total. The maximum Gasteiger partial charge on any atom is 0.402 e. The molecule has 1 aliphatic carbocycles. The van der Waals surface area contributed by atoms with Crippen LogP contribution in [-0.4, -0.2) is 72.0 Å². The minimum absolute atomic E-state index is 0.00786. The van der Waals surface area contributed by atoms with Crippen molar-refractivity contribution in [3.05, 3.63) is 58.5 Å². The van der Waals surface area contributed by atoms with E-state index in [1.54, 1.807) is 13.0 Å². The third-order valence-corrected chi connectivity index (χ3v) is 6.66. The van der Waals surface area contributed by atoms with Crippen LogP contribution in [0.1, 0.15) is 59.8 Å². The van der Waals surface area contributed by atoms with Crippen molar-refractivity contribution in [3.8, 4) is 0 Å². The van der Waals surface area contributed by atoms with Crippen LogP contribution in [0.4, 0.5) is 4.79 Å². The fraction of sp³-hybridized carbons (Fsp3) is 0.533. The fourth-order valence-electron chi connectivity index (χ4n) is 4.31. The molecule has 6 N–H and O–H groups in total. The Hall–Kier alpha value is -3.50. The number of hydrogen-bond acceptors (Lipinski definition) is 7. The normalized spacial score (nSPS) is 26.9. The third-order valence-electron chi connectivity index (χ3n) is 6.66. The van der Waals surface area contributed by atoms with E-state index in [2.05, 4.69) is 29.4 Å². The summed E-state index contributed by atoms with van der Waals surface area (Å²) >= 11 is 0. The number of aliphatic hydroxyl groups is 1. The smallest absolute Gasteiger partial charge is 0.402 e. The number of nitrogens with one attached hydrogen (secondary N) is 2. The summed E-state index contributed by atoms with van der Waals surface area (Å²) in [6.45, 7) is 9.03. The quantitative estimate of drug-likeness (QED) is 0.259. The van der Waals surface area contributed by atoms with Gasteiger partial charge in [-0.15, -0.1) is 0 Å². The molecule has 3 atom stereocenters. The molecule has 3 unspecified atom stereocenters. The number of nitrogens with zero attached hydrogens (tertiary/aromatic N) is 1. The Morgan fingerprint density at radius 1 is 1.18 bits per heavy atom. The third kappa shape index (κ3) is 12.6. The van der Waals surface area contributed by atoms with E-state index in [4.69, 9.17) is 9.90 Å².